The van der Waals surface area contributed by atoms with Gasteiger partial charge in [-0.05, 0) is 42.0 Å². The van der Waals surface area contributed by atoms with Crippen molar-refractivity contribution in [2.45, 2.75) is 6.54 Å². The maximum absolute atomic E-state index is 12.8. The molecule has 0 aliphatic rings. The molecule has 0 saturated heterocycles. The van der Waals surface area contributed by atoms with E-state index >= 15 is 0 Å². The van der Waals surface area contributed by atoms with Crippen molar-refractivity contribution in [3.63, 3.8) is 0 Å². The van der Waals surface area contributed by atoms with Crippen molar-refractivity contribution in [3.8, 4) is 5.82 Å². The van der Waals surface area contributed by atoms with Crippen LogP contribution in [-0.2, 0) is 11.3 Å². The van der Waals surface area contributed by atoms with Crippen molar-refractivity contribution in [3.05, 3.63) is 78.3 Å². The molecule has 132 valence electrons. The van der Waals surface area contributed by atoms with Crippen LogP contribution in [0.15, 0.2) is 61.3 Å². The Balaban J connectivity index is 1.49. The van der Waals surface area contributed by atoms with Crippen LogP contribution in [0.2, 0.25) is 0 Å². The highest BCUT2D eigenvalue weighted by Crippen LogP contribution is 2.06. The van der Waals surface area contributed by atoms with E-state index in [2.05, 4.69) is 20.6 Å². The number of nitrogens with one attached hydrogen (secondary N) is 2. The molecule has 0 saturated carbocycles. The number of hydrogen-bond acceptors (Lipinski definition) is 4. The van der Waals surface area contributed by atoms with Gasteiger partial charge in [0.25, 0.3) is 5.91 Å². The Morgan fingerprint density at radius 3 is 2.62 bits per heavy atom. The Morgan fingerprint density at radius 2 is 1.88 bits per heavy atom. The van der Waals surface area contributed by atoms with Crippen molar-refractivity contribution in [2.24, 2.45) is 0 Å². The molecule has 0 aliphatic heterocycles. The minimum atomic E-state index is -0.438. The zero-order chi connectivity index (χ0) is 18.4. The number of carbonyl (C=O) groups is 2. The van der Waals surface area contributed by atoms with E-state index < -0.39 is 11.7 Å². The SMILES string of the molecule is O=C(CNC(=O)c1ccc(F)cc1)NCc1ccnc(-n2ccnc2)c1. The van der Waals surface area contributed by atoms with Crippen LogP contribution in [0.5, 0.6) is 0 Å². The summed E-state index contributed by atoms with van der Waals surface area (Å²) >= 11 is 0. The highest BCUT2D eigenvalue weighted by molar-refractivity contribution is 5.96. The quantitative estimate of drug-likeness (QED) is 0.702. The molecule has 0 bridgehead atoms. The third-order valence-electron chi connectivity index (χ3n) is 3.58. The molecule has 0 unspecified atom stereocenters. The molecular formula is C18H16FN5O2. The van der Waals surface area contributed by atoms with E-state index in [0.717, 1.165) is 5.56 Å². The van der Waals surface area contributed by atoms with Gasteiger partial charge < -0.3 is 10.6 Å². The van der Waals surface area contributed by atoms with Crippen LogP contribution in [0.4, 0.5) is 4.39 Å². The summed E-state index contributed by atoms with van der Waals surface area (Å²) in [7, 11) is 0. The molecule has 1 aromatic carbocycles. The van der Waals surface area contributed by atoms with E-state index in [1.807, 2.05) is 6.07 Å². The van der Waals surface area contributed by atoms with Gasteiger partial charge >= 0.3 is 0 Å². The molecule has 3 aromatic rings. The van der Waals surface area contributed by atoms with Crippen LogP contribution in [0, 0.1) is 5.82 Å². The third-order valence-corrected chi connectivity index (χ3v) is 3.58. The highest BCUT2D eigenvalue weighted by Gasteiger charge is 2.08. The van der Waals surface area contributed by atoms with Crippen LogP contribution in [0.1, 0.15) is 15.9 Å². The molecule has 0 radical (unpaired) electrons. The fourth-order valence-corrected chi connectivity index (χ4v) is 2.23. The van der Waals surface area contributed by atoms with E-state index in [1.165, 1.54) is 24.3 Å². The van der Waals surface area contributed by atoms with Crippen molar-refractivity contribution in [1.29, 1.82) is 0 Å². The topological polar surface area (TPSA) is 88.9 Å². The van der Waals surface area contributed by atoms with Crippen molar-refractivity contribution >= 4 is 11.8 Å². The summed E-state index contributed by atoms with van der Waals surface area (Å²) in [5.74, 6) is -0.501. The normalized spacial score (nSPS) is 10.3. The second-order valence-corrected chi connectivity index (χ2v) is 5.46. The average molecular weight is 353 g/mol. The summed E-state index contributed by atoms with van der Waals surface area (Å²) < 4.78 is 14.6. The maximum Gasteiger partial charge on any atom is 0.251 e. The molecule has 0 spiro atoms. The van der Waals surface area contributed by atoms with Crippen molar-refractivity contribution in [1.82, 2.24) is 25.2 Å². The summed E-state index contributed by atoms with van der Waals surface area (Å²) in [5.41, 5.74) is 1.15. The Morgan fingerprint density at radius 1 is 1.08 bits per heavy atom. The molecule has 0 atom stereocenters. The predicted molar refractivity (Wildman–Crippen MR) is 91.9 cm³/mol. The fourth-order valence-electron chi connectivity index (χ4n) is 2.23. The Kier molecular flexibility index (Phi) is 5.33. The smallest absolute Gasteiger partial charge is 0.251 e. The van der Waals surface area contributed by atoms with Gasteiger partial charge in [0.05, 0.1) is 6.54 Å². The fraction of sp³-hybridized carbons (Fsp3) is 0.111. The molecule has 2 aromatic heterocycles. The maximum atomic E-state index is 12.8. The minimum absolute atomic E-state index is 0.171. The van der Waals surface area contributed by atoms with E-state index in [4.69, 9.17) is 0 Å². The standard InChI is InChI=1S/C18H16FN5O2/c19-15-3-1-14(2-4-15)18(26)23-11-17(25)22-10-13-5-6-21-16(9-13)24-8-7-20-12-24/h1-9,12H,10-11H2,(H,22,25)(H,23,26). The number of carbonyl (C=O) groups excluding carboxylic acids is 2. The molecule has 7 nitrogen and oxygen atoms in total. The lowest BCUT2D eigenvalue weighted by atomic mass is 10.2. The summed E-state index contributed by atoms with van der Waals surface area (Å²) in [6.07, 6.45) is 6.71. The number of imidazole rings is 1. The van der Waals surface area contributed by atoms with Crippen LogP contribution in [0.3, 0.4) is 0 Å². The molecule has 2 heterocycles. The Bertz CT molecular complexity index is 894. The second-order valence-electron chi connectivity index (χ2n) is 5.46. The molecule has 2 amide bonds. The first-order valence-electron chi connectivity index (χ1n) is 7.85. The predicted octanol–water partition coefficient (Wildman–Crippen LogP) is 1.45. The number of aromatic nitrogens is 3. The van der Waals surface area contributed by atoms with Crippen LogP contribution < -0.4 is 10.6 Å². The third kappa shape index (κ3) is 4.50. The van der Waals surface area contributed by atoms with Gasteiger partial charge in [0, 0.05) is 30.7 Å². The van der Waals surface area contributed by atoms with Gasteiger partial charge in [0.2, 0.25) is 5.91 Å². The lowest BCUT2D eigenvalue weighted by molar-refractivity contribution is -0.120. The van der Waals surface area contributed by atoms with E-state index in [0.29, 0.717) is 17.9 Å². The monoisotopic (exact) mass is 353 g/mol. The summed E-state index contributed by atoms with van der Waals surface area (Å²) in [6, 6.07) is 8.72. The van der Waals surface area contributed by atoms with Gasteiger partial charge in [-0.1, -0.05) is 0 Å². The molecule has 2 N–H and O–H groups in total. The zero-order valence-electron chi connectivity index (χ0n) is 13.7. The van der Waals surface area contributed by atoms with Gasteiger partial charge in [-0.15, -0.1) is 0 Å². The van der Waals surface area contributed by atoms with Crippen LogP contribution >= 0.6 is 0 Å². The first kappa shape index (κ1) is 17.3. The van der Waals surface area contributed by atoms with Gasteiger partial charge in [-0.25, -0.2) is 14.4 Å². The lowest BCUT2D eigenvalue weighted by Gasteiger charge is -2.08. The first-order valence-corrected chi connectivity index (χ1v) is 7.85. The number of halogens is 1. The summed E-state index contributed by atoms with van der Waals surface area (Å²) in [5, 5.41) is 5.21. The van der Waals surface area contributed by atoms with Crippen LogP contribution in [0.25, 0.3) is 5.82 Å². The van der Waals surface area contributed by atoms with Gasteiger partial charge in [0.1, 0.15) is 18.0 Å². The molecular weight excluding hydrogens is 337 g/mol. The van der Waals surface area contributed by atoms with Gasteiger partial charge in [0.15, 0.2) is 0 Å². The number of rotatable bonds is 6. The van der Waals surface area contributed by atoms with Crippen molar-refractivity contribution in [2.75, 3.05) is 6.54 Å². The molecule has 8 heteroatoms. The first-order chi connectivity index (χ1) is 12.6. The molecule has 26 heavy (non-hydrogen) atoms. The lowest BCUT2D eigenvalue weighted by Crippen LogP contribution is -2.36. The molecule has 0 fully saturated rings. The number of pyridine rings is 1. The van der Waals surface area contributed by atoms with E-state index in [9.17, 15) is 14.0 Å². The summed E-state index contributed by atoms with van der Waals surface area (Å²) in [6.45, 7) is 0.130. The number of nitrogens with zero attached hydrogens (tertiary/aromatic N) is 3. The number of hydrogen-bond donors (Lipinski definition) is 2. The summed E-state index contributed by atoms with van der Waals surface area (Å²) in [4.78, 5) is 32.0. The second kappa shape index (κ2) is 8.02. The van der Waals surface area contributed by atoms with E-state index in [-0.39, 0.29) is 12.5 Å². The van der Waals surface area contributed by atoms with Crippen molar-refractivity contribution < 1.29 is 14.0 Å². The average Bonchev–Trinajstić information content (AvgIpc) is 3.20. The van der Waals surface area contributed by atoms with Gasteiger partial charge in [-0.3, -0.25) is 14.2 Å². The number of amides is 2. The highest BCUT2D eigenvalue weighted by atomic mass is 19.1. The molecule has 0 aliphatic carbocycles. The minimum Gasteiger partial charge on any atom is -0.350 e. The van der Waals surface area contributed by atoms with E-state index in [1.54, 1.807) is 35.6 Å². The largest absolute Gasteiger partial charge is 0.350 e. The zero-order valence-corrected chi connectivity index (χ0v) is 13.7. The molecule has 3 rings (SSSR count). The Labute approximate surface area is 148 Å². The van der Waals surface area contributed by atoms with Gasteiger partial charge in [-0.2, -0.15) is 0 Å². The Hall–Kier alpha value is -3.55. The van der Waals surface area contributed by atoms with Crippen LogP contribution in [-0.4, -0.2) is 32.9 Å². The number of benzene rings is 1.